The van der Waals surface area contributed by atoms with Crippen LogP contribution in [0, 0.1) is 0 Å². The van der Waals surface area contributed by atoms with E-state index in [1.807, 2.05) is 21.1 Å². The van der Waals surface area contributed by atoms with E-state index in [-0.39, 0.29) is 32.7 Å². The molecular weight excluding hydrogens is 1200 g/mol. The van der Waals surface area contributed by atoms with Gasteiger partial charge in [0.1, 0.15) is 13.2 Å². The van der Waals surface area contributed by atoms with Gasteiger partial charge in [-0.3, -0.25) is 9.59 Å². The largest absolute Gasteiger partial charge is 0.545 e. The van der Waals surface area contributed by atoms with E-state index in [1.165, 1.54) is 12.8 Å². The highest BCUT2D eigenvalue weighted by Crippen LogP contribution is 2.13. The second kappa shape index (κ2) is 74.9. The molecule has 0 spiro atoms. The lowest BCUT2D eigenvalue weighted by Crippen LogP contribution is -2.44. The van der Waals surface area contributed by atoms with Crippen LogP contribution in [0.5, 0.6) is 0 Å². The Balaban J connectivity index is 4.28. The van der Waals surface area contributed by atoms with Gasteiger partial charge in [-0.1, -0.05) is 295 Å². The number of esters is 2. The predicted octanol–water partition coefficient (Wildman–Crippen LogP) is 22.7. The first kappa shape index (κ1) is 90.1. The lowest BCUT2D eigenvalue weighted by Gasteiger charge is -2.26. The molecule has 0 bridgehead atoms. The van der Waals surface area contributed by atoms with E-state index in [4.69, 9.17) is 18.9 Å². The molecule has 0 aliphatic carbocycles. The molecule has 0 saturated heterocycles. The molecule has 97 heavy (non-hydrogen) atoms. The van der Waals surface area contributed by atoms with E-state index < -0.39 is 30.3 Å². The van der Waals surface area contributed by atoms with E-state index >= 15 is 0 Å². The lowest BCUT2D eigenvalue weighted by atomic mass is 10.1. The molecule has 0 aromatic carbocycles. The molecule has 0 N–H and O–H groups in total. The summed E-state index contributed by atoms with van der Waals surface area (Å²) in [6, 6.07) is 0. The van der Waals surface area contributed by atoms with Gasteiger partial charge in [-0.25, -0.2) is 0 Å². The second-order valence-corrected chi connectivity index (χ2v) is 24.8. The zero-order valence-corrected chi connectivity index (χ0v) is 61.3. The summed E-state index contributed by atoms with van der Waals surface area (Å²) in [5.74, 6) is -2.37. The molecule has 9 nitrogen and oxygen atoms in total. The Morgan fingerprint density at radius 3 is 0.835 bits per heavy atom. The van der Waals surface area contributed by atoms with Crippen LogP contribution in [-0.4, -0.2) is 82.3 Å². The molecule has 0 amide bonds. The molecule has 0 aliphatic rings. The van der Waals surface area contributed by atoms with E-state index in [0.29, 0.717) is 23.9 Å². The van der Waals surface area contributed by atoms with Crippen molar-refractivity contribution in [2.75, 3.05) is 47.5 Å². The van der Waals surface area contributed by atoms with Gasteiger partial charge in [0.05, 0.1) is 40.3 Å². The highest BCUT2D eigenvalue weighted by atomic mass is 16.7. The number of unbranched alkanes of at least 4 members (excludes halogenated alkanes) is 10. The van der Waals surface area contributed by atoms with Crippen molar-refractivity contribution in [3.05, 3.63) is 243 Å². The Hall–Kier alpha value is -6.91. The Bertz CT molecular complexity index is 2500. The van der Waals surface area contributed by atoms with Crippen LogP contribution >= 0.6 is 0 Å². The lowest BCUT2D eigenvalue weighted by molar-refractivity contribution is -0.870. The summed E-state index contributed by atoms with van der Waals surface area (Å²) < 4.78 is 22.7. The number of quaternary nitrogens is 1. The van der Waals surface area contributed by atoms with Gasteiger partial charge in [-0.05, 0) is 167 Å². The normalized spacial score (nSPS) is 14.1. The molecule has 2 atom stereocenters. The number of carbonyl (C=O) groups excluding carboxylic acids is 3. The number of allylic oxidation sites excluding steroid dienone is 40. The molecule has 0 aliphatic heterocycles. The number of likely N-dealkylation sites (N-methyl/N-ethyl adjacent to an activating group) is 1. The Kier molecular flexibility index (Phi) is 69.5. The highest BCUT2D eigenvalue weighted by molar-refractivity contribution is 5.70. The van der Waals surface area contributed by atoms with Crippen molar-refractivity contribution >= 4 is 17.9 Å². The minimum absolute atomic E-state index is 0.125. The average Bonchev–Trinajstić information content (AvgIpc) is 3.27. The number of nitrogens with zero attached hydrogens (tertiary/aromatic N) is 1. The standard InChI is InChI=1S/C88H133NO8/c1-6-8-10-12-14-16-18-20-22-24-26-28-30-32-34-36-38-39-40-41-42-43-44-45-46-47-49-51-53-55-57-59-61-63-65-67-69-71-73-75-77-79-86(91)97-84(83-96-88(87(92)93)94-81-80-89(3,4)5)82-95-85(90)78-76-74-72-70-68-66-64-62-60-58-56-54-52-50-48-37-35-33-31-29-27-25-23-21-19-17-15-13-11-9-7-2/h8-11,14-17,20-23,26-29,32-35,38-39,41-42,44-45,47-50,53-56,59-62,66,68,84,88H,6-7,12-13,18-19,24-25,30-31,36-37,40,43,46,51-52,57-58,63-65,67,69-83H2,1-5H3/b10-8-,11-9-,16-14-,17-15-,22-20-,23-21-,28-26-,29-27-,34-32-,35-33-,39-38-,42-41-,45-44-,49-47-,50-48-,55-53-,56-54-,61-59-,62-60-,68-66-. The zero-order valence-electron chi connectivity index (χ0n) is 61.3. The average molecular weight is 1330 g/mol. The minimum Gasteiger partial charge on any atom is -0.545 e. The van der Waals surface area contributed by atoms with Crippen molar-refractivity contribution in [2.45, 2.75) is 245 Å². The number of hydrogen-bond acceptors (Lipinski definition) is 8. The fourth-order valence-corrected chi connectivity index (χ4v) is 9.00. The molecule has 0 aromatic heterocycles. The van der Waals surface area contributed by atoms with E-state index in [0.717, 1.165) is 180 Å². The number of carbonyl (C=O) groups is 3. The summed E-state index contributed by atoms with van der Waals surface area (Å²) in [5, 5.41) is 11.8. The summed E-state index contributed by atoms with van der Waals surface area (Å²) in [7, 11) is 5.90. The van der Waals surface area contributed by atoms with Crippen LogP contribution in [0.15, 0.2) is 243 Å². The van der Waals surface area contributed by atoms with Crippen LogP contribution in [0.3, 0.4) is 0 Å². The SMILES string of the molecule is CC/C=C\C/C=C\C/C=C\C/C=C\C/C=C\C/C=C\C/C=C\C/C=C\C/C=C\C/C=C\C/C=C\CCCCCCCCCC(=O)OC(COC(=O)CCCCC/C=C\C/C=C\C/C=C\C/C=C\C/C=C\C/C=C\C/C=C\C/C=C\C/C=C\CC)COC(OCC[N+](C)(C)C)C(=O)[O-]. The molecule has 0 rings (SSSR count). The van der Waals surface area contributed by atoms with Crippen LogP contribution in [0.4, 0.5) is 0 Å². The first-order valence-electron chi connectivity index (χ1n) is 37.2. The zero-order chi connectivity index (χ0) is 70.4. The summed E-state index contributed by atoms with van der Waals surface area (Å²) >= 11 is 0. The molecular formula is C88H133NO8. The fourth-order valence-electron chi connectivity index (χ4n) is 9.00. The summed E-state index contributed by atoms with van der Waals surface area (Å²) in [5.41, 5.74) is 0. The smallest absolute Gasteiger partial charge is 0.306 e. The first-order valence-corrected chi connectivity index (χ1v) is 37.2. The molecule has 9 heteroatoms. The summed E-state index contributed by atoms with van der Waals surface area (Å²) in [6.45, 7) is 4.43. The van der Waals surface area contributed by atoms with Crippen LogP contribution in [0.2, 0.25) is 0 Å². The Morgan fingerprint density at radius 1 is 0.309 bits per heavy atom. The monoisotopic (exact) mass is 1330 g/mol. The first-order chi connectivity index (χ1) is 47.6. The van der Waals surface area contributed by atoms with Crippen molar-refractivity contribution in [3.63, 3.8) is 0 Å². The van der Waals surface area contributed by atoms with Crippen LogP contribution < -0.4 is 5.11 Å². The third-order valence-corrected chi connectivity index (χ3v) is 14.6. The molecule has 2 unspecified atom stereocenters. The van der Waals surface area contributed by atoms with E-state index in [9.17, 15) is 19.5 Å². The van der Waals surface area contributed by atoms with Gasteiger partial charge < -0.3 is 33.3 Å². The summed E-state index contributed by atoms with van der Waals surface area (Å²) in [6.07, 6.45) is 118. The third kappa shape index (κ3) is 76.3. The maximum absolute atomic E-state index is 13.0. The van der Waals surface area contributed by atoms with Crippen LogP contribution in [0.1, 0.15) is 232 Å². The quantitative estimate of drug-likeness (QED) is 0.0195. The van der Waals surface area contributed by atoms with Gasteiger partial charge in [0.2, 0.25) is 0 Å². The maximum Gasteiger partial charge on any atom is 0.306 e. The van der Waals surface area contributed by atoms with Gasteiger partial charge in [0, 0.05) is 12.8 Å². The summed E-state index contributed by atoms with van der Waals surface area (Å²) in [4.78, 5) is 37.5. The van der Waals surface area contributed by atoms with Gasteiger partial charge in [-0.2, -0.15) is 0 Å². The van der Waals surface area contributed by atoms with Gasteiger partial charge >= 0.3 is 11.9 Å². The molecule has 0 heterocycles. The molecule has 0 radical (unpaired) electrons. The number of hydrogen-bond donors (Lipinski definition) is 0. The van der Waals surface area contributed by atoms with Crippen molar-refractivity contribution in [2.24, 2.45) is 0 Å². The maximum atomic E-state index is 13.0. The Morgan fingerprint density at radius 2 is 0.557 bits per heavy atom. The van der Waals surface area contributed by atoms with E-state index in [2.05, 4.69) is 257 Å². The van der Waals surface area contributed by atoms with Crippen LogP contribution in [0.25, 0.3) is 0 Å². The molecule has 0 saturated carbocycles. The molecule has 538 valence electrons. The number of carboxylic acid groups (broad SMARTS) is 1. The van der Waals surface area contributed by atoms with Gasteiger partial charge in [-0.15, -0.1) is 0 Å². The second-order valence-electron chi connectivity index (χ2n) is 24.8. The molecule has 0 fully saturated rings. The number of carboxylic acids is 1. The van der Waals surface area contributed by atoms with Crippen molar-refractivity contribution in [1.29, 1.82) is 0 Å². The van der Waals surface area contributed by atoms with Crippen molar-refractivity contribution < 1.29 is 42.9 Å². The highest BCUT2D eigenvalue weighted by Gasteiger charge is 2.22. The Labute approximate surface area is 592 Å². The minimum atomic E-state index is -1.65. The topological polar surface area (TPSA) is 111 Å². The number of ether oxygens (including phenoxy) is 4. The van der Waals surface area contributed by atoms with Gasteiger partial charge in [0.25, 0.3) is 0 Å². The predicted molar refractivity (Wildman–Crippen MR) is 416 cm³/mol. The van der Waals surface area contributed by atoms with Crippen molar-refractivity contribution in [3.8, 4) is 0 Å². The van der Waals surface area contributed by atoms with Crippen LogP contribution in [-0.2, 0) is 33.3 Å². The van der Waals surface area contributed by atoms with Crippen molar-refractivity contribution in [1.82, 2.24) is 0 Å². The number of rotatable bonds is 65. The molecule has 0 aromatic rings. The fraction of sp³-hybridized carbons (Fsp3) is 0.511. The third-order valence-electron chi connectivity index (χ3n) is 14.6. The van der Waals surface area contributed by atoms with Gasteiger partial charge in [0.15, 0.2) is 12.4 Å². The van der Waals surface area contributed by atoms with E-state index in [1.54, 1.807) is 0 Å². The number of aliphatic carboxylic acids is 1.